The molecule has 0 saturated carbocycles. The standard InChI is InChI=1S/C17H10N4O2.C6H7N2.CO.ClH.Ru/c18-7-5-9-12-13(17(23)21-16(12)22)11-8-3-1-2-4-10(8)20-15(11)14(9)19-6-7;7-5-6-3-1-2-4-8-6;1-2;;/h1-6H,(H4,18,19,20,21,22,23);1-4,7H,5H2;;1H;/q;-1;;;+3/p-2. The van der Waals surface area contributed by atoms with E-state index in [1.54, 1.807) is 12.3 Å². The average Bonchev–Trinajstić information content (AvgIpc) is 3.44. The number of carbonyl (C=O) groups excluding carboxylic acids is 2. The van der Waals surface area contributed by atoms with Gasteiger partial charge in [0.2, 0.25) is 0 Å². The Labute approximate surface area is 213 Å². The molecule has 3 aromatic heterocycles. The summed E-state index contributed by atoms with van der Waals surface area (Å²) in [5, 5.41) is 4.43. The summed E-state index contributed by atoms with van der Waals surface area (Å²) in [5.74, 6) is -0.827. The molecule has 6 rings (SSSR count). The summed E-state index contributed by atoms with van der Waals surface area (Å²) < 4.78 is 7.50. The molecule has 5 aromatic rings. The Morgan fingerprint density at radius 2 is 1.71 bits per heavy atom. The quantitative estimate of drug-likeness (QED) is 0.132. The maximum absolute atomic E-state index is 12.3. The number of nitrogens with zero attached hydrogens (tertiary/aromatic N) is 3. The number of hydrogen-bond donors (Lipinski definition) is 2. The van der Waals surface area contributed by atoms with Gasteiger partial charge in [-0.2, -0.15) is 0 Å². The van der Waals surface area contributed by atoms with Crippen LogP contribution in [-0.4, -0.2) is 21.8 Å². The van der Waals surface area contributed by atoms with E-state index in [2.05, 4.69) is 36.6 Å². The van der Waals surface area contributed by atoms with E-state index in [0.29, 0.717) is 38.6 Å². The van der Waals surface area contributed by atoms with Gasteiger partial charge in [-0.05, 0) is 29.0 Å². The van der Waals surface area contributed by atoms with Gasteiger partial charge in [0.25, 0.3) is 11.8 Å². The fourth-order valence-corrected chi connectivity index (χ4v) is 3.82. The van der Waals surface area contributed by atoms with Crippen molar-refractivity contribution in [1.82, 2.24) is 20.3 Å². The number of nitrogens with two attached hydrogens (primary N) is 1. The third kappa shape index (κ3) is 4.93. The van der Waals surface area contributed by atoms with E-state index in [1.807, 2.05) is 59.8 Å². The van der Waals surface area contributed by atoms with E-state index >= 15 is 0 Å². The van der Waals surface area contributed by atoms with Crippen LogP contribution < -0.4 is 16.0 Å². The molecule has 0 saturated heterocycles. The minimum absolute atomic E-state index is 0.279. The van der Waals surface area contributed by atoms with Crippen molar-refractivity contribution in [2.75, 3.05) is 5.73 Å². The summed E-state index contributed by atoms with van der Waals surface area (Å²) in [5.41, 5.74) is 16.6. The van der Waals surface area contributed by atoms with Gasteiger partial charge < -0.3 is 16.5 Å². The third-order valence-electron chi connectivity index (χ3n) is 5.13. The van der Waals surface area contributed by atoms with E-state index < -0.39 is 11.8 Å². The van der Waals surface area contributed by atoms with Crippen molar-refractivity contribution in [2.24, 2.45) is 0 Å². The smallest absolute Gasteiger partial charge is 0.0270 e. The molecular weight excluding hydrogens is 557 g/mol. The maximum atomic E-state index is 12.3. The Kier molecular flexibility index (Phi) is 8.65. The number of carbonyl (C=O) groups is 2. The number of pyridine rings is 2. The number of rotatable bonds is 1. The normalized spacial score (nSPS) is 11.4. The number of amides is 2. The zero-order chi connectivity index (χ0) is 25.5. The van der Waals surface area contributed by atoms with Gasteiger partial charge in [0.1, 0.15) is 0 Å². The molecule has 9 nitrogen and oxygen atoms in total. The number of nitrogens with one attached hydrogen (secondary N) is 2. The molecule has 35 heavy (non-hydrogen) atoms. The second-order valence-electron chi connectivity index (χ2n) is 7.05. The molecule has 0 aliphatic carbocycles. The van der Waals surface area contributed by atoms with E-state index in [4.69, 9.17) is 16.1 Å². The SMILES string of the molecule is Nc1cnc2c(c1)c1c(c3c4ccccc4[n-]c23)C(=O)NC1=O.[C-]#[O+].[Cl][Ru+2].[NH-]Cc1ccccn1. The fraction of sp³-hybridized carbons (Fsp3) is 0.0417. The van der Waals surface area contributed by atoms with Crippen molar-refractivity contribution < 1.29 is 31.6 Å². The van der Waals surface area contributed by atoms with Gasteiger partial charge >= 0.3 is 38.3 Å². The zero-order valence-corrected chi connectivity index (χ0v) is 20.3. The van der Waals surface area contributed by atoms with Gasteiger partial charge in [0.15, 0.2) is 0 Å². The summed E-state index contributed by atoms with van der Waals surface area (Å²) >= 11 is 1.82. The second kappa shape index (κ2) is 11.7. The number of hydrogen-bond acceptors (Lipinski definition) is 5. The van der Waals surface area contributed by atoms with Crippen LogP contribution in [0.1, 0.15) is 26.4 Å². The molecule has 0 radical (unpaired) electrons. The Morgan fingerprint density at radius 3 is 2.37 bits per heavy atom. The van der Waals surface area contributed by atoms with Crippen LogP contribution in [0.15, 0.2) is 60.9 Å². The number of para-hydroxylation sites is 1. The third-order valence-corrected chi connectivity index (χ3v) is 5.13. The molecule has 0 fully saturated rings. The topological polar surface area (TPSA) is 156 Å². The predicted octanol–water partition coefficient (Wildman–Crippen LogP) is 4.25. The first kappa shape index (κ1) is 26.0. The van der Waals surface area contributed by atoms with Crippen molar-refractivity contribution in [2.45, 2.75) is 6.54 Å². The number of fused-ring (bicyclic) bond motifs is 8. The van der Waals surface area contributed by atoms with Crippen LogP contribution in [0.4, 0.5) is 5.69 Å². The summed E-state index contributed by atoms with van der Waals surface area (Å²) in [6.45, 7) is 4.78. The van der Waals surface area contributed by atoms with Crippen LogP contribution in [0.5, 0.6) is 0 Å². The average molecular weight is 573 g/mol. The summed E-state index contributed by atoms with van der Waals surface area (Å²) in [7, 11) is 4.57. The molecule has 2 aromatic carbocycles. The van der Waals surface area contributed by atoms with Gasteiger partial charge in [0, 0.05) is 17.3 Å². The predicted molar refractivity (Wildman–Crippen MR) is 128 cm³/mol. The van der Waals surface area contributed by atoms with Crippen LogP contribution in [-0.2, 0) is 28.5 Å². The number of imide groups is 1. The van der Waals surface area contributed by atoms with Crippen LogP contribution >= 0.6 is 9.69 Å². The molecule has 4 heterocycles. The maximum Gasteiger partial charge on any atom is 0.0270 e. The van der Waals surface area contributed by atoms with Crippen LogP contribution in [0.3, 0.4) is 0 Å². The molecule has 0 atom stereocenters. The van der Waals surface area contributed by atoms with Gasteiger partial charge in [-0.1, -0.05) is 30.3 Å². The van der Waals surface area contributed by atoms with Gasteiger partial charge in [-0.15, -0.1) is 17.6 Å². The Hall–Kier alpha value is -3.65. The monoisotopic (exact) mass is 573 g/mol. The Balaban J connectivity index is 0.000000241. The number of aromatic nitrogens is 3. The molecule has 1 aliphatic heterocycles. The van der Waals surface area contributed by atoms with E-state index in [-0.39, 0.29) is 6.54 Å². The van der Waals surface area contributed by atoms with E-state index in [9.17, 15) is 9.59 Å². The molecule has 0 unspecified atom stereocenters. The first-order valence-electron chi connectivity index (χ1n) is 9.88. The first-order chi connectivity index (χ1) is 17.1. The number of nitrogen functional groups attached to an aromatic ring is 1. The van der Waals surface area contributed by atoms with Crippen LogP contribution in [0.25, 0.3) is 38.4 Å². The van der Waals surface area contributed by atoms with Gasteiger partial charge in [0.05, 0.1) is 28.5 Å². The minimum Gasteiger partial charge on any atom is -0.672 e. The van der Waals surface area contributed by atoms with Crippen molar-refractivity contribution >= 4 is 59.9 Å². The molecule has 0 spiro atoms. The van der Waals surface area contributed by atoms with Gasteiger partial charge in [-0.25, -0.2) is 0 Å². The second-order valence-corrected chi connectivity index (χ2v) is 7.05. The Morgan fingerprint density at radius 1 is 1.03 bits per heavy atom. The molecular formula is C24H16ClN6O3Ru. The Bertz CT molecular complexity index is 1550. The molecule has 11 heteroatoms. The molecule has 1 aliphatic rings. The minimum atomic E-state index is -0.422. The summed E-state index contributed by atoms with van der Waals surface area (Å²) in [6.07, 6.45) is 3.23. The zero-order valence-electron chi connectivity index (χ0n) is 17.9. The molecule has 0 bridgehead atoms. The van der Waals surface area contributed by atoms with Crippen molar-refractivity contribution in [1.29, 1.82) is 0 Å². The number of halogens is 1. The number of anilines is 1. The fourth-order valence-electron chi connectivity index (χ4n) is 3.82. The van der Waals surface area contributed by atoms with Crippen molar-refractivity contribution in [3.05, 3.63) is 90.1 Å². The van der Waals surface area contributed by atoms with E-state index in [1.165, 1.54) is 6.20 Å². The largest absolute Gasteiger partial charge is 0.672 e. The molecule has 175 valence electrons. The van der Waals surface area contributed by atoms with Crippen molar-refractivity contribution in [3.8, 4) is 0 Å². The van der Waals surface area contributed by atoms with Crippen molar-refractivity contribution in [3.63, 3.8) is 0 Å². The molecule has 2 amide bonds. The number of benzene rings is 2. The summed E-state index contributed by atoms with van der Waals surface area (Å²) in [4.78, 5) is 37.5. The van der Waals surface area contributed by atoms with Gasteiger partial charge in [-0.3, -0.25) is 24.9 Å². The van der Waals surface area contributed by atoms with E-state index in [0.717, 1.165) is 16.6 Å². The summed E-state index contributed by atoms with van der Waals surface area (Å²) in [6, 6.07) is 14.8. The molecule has 4 N–H and O–H groups in total. The first-order valence-corrected chi connectivity index (χ1v) is 12.1. The van der Waals surface area contributed by atoms with Crippen LogP contribution in [0, 0.1) is 6.65 Å². The van der Waals surface area contributed by atoms with Crippen LogP contribution in [0.2, 0.25) is 0 Å².